The molecule has 0 aliphatic heterocycles. The van der Waals surface area contributed by atoms with Gasteiger partial charge in [-0.2, -0.15) is 9.57 Å². The van der Waals surface area contributed by atoms with Gasteiger partial charge in [0, 0.05) is 12.7 Å². The summed E-state index contributed by atoms with van der Waals surface area (Å²) in [6.07, 6.45) is 1.01. The molecular formula is C11H12ClN3O3S. The maximum Gasteiger partial charge on any atom is 0.239 e. The van der Waals surface area contributed by atoms with Crippen LogP contribution in [0.15, 0.2) is 18.2 Å². The first-order valence-electron chi connectivity index (χ1n) is 5.15. The SMILES string of the molecule is CN(CC(=O)Nc1ccc(C#N)c(Cl)c1)S(C)(=O)=O. The van der Waals surface area contributed by atoms with Gasteiger partial charge in [-0.1, -0.05) is 11.6 Å². The van der Waals surface area contributed by atoms with Crippen molar-refractivity contribution in [3.8, 4) is 6.07 Å². The zero-order valence-corrected chi connectivity index (χ0v) is 11.9. The van der Waals surface area contributed by atoms with Crippen molar-refractivity contribution in [2.45, 2.75) is 0 Å². The van der Waals surface area contributed by atoms with Crippen molar-refractivity contribution in [1.29, 1.82) is 5.26 Å². The number of anilines is 1. The topological polar surface area (TPSA) is 90.3 Å². The molecule has 0 bridgehead atoms. The number of likely N-dealkylation sites (N-methyl/N-ethyl adjacent to an activating group) is 1. The van der Waals surface area contributed by atoms with Crippen LogP contribution in [-0.2, 0) is 14.8 Å². The van der Waals surface area contributed by atoms with Crippen molar-refractivity contribution in [3.05, 3.63) is 28.8 Å². The first-order chi connectivity index (χ1) is 8.74. The van der Waals surface area contributed by atoms with E-state index < -0.39 is 15.9 Å². The van der Waals surface area contributed by atoms with Gasteiger partial charge in [-0.3, -0.25) is 4.79 Å². The Kier molecular flexibility index (Phi) is 4.89. The number of benzene rings is 1. The van der Waals surface area contributed by atoms with Crippen LogP contribution in [0.5, 0.6) is 0 Å². The lowest BCUT2D eigenvalue weighted by molar-refractivity contribution is -0.116. The maximum absolute atomic E-state index is 11.6. The van der Waals surface area contributed by atoms with Crippen molar-refractivity contribution < 1.29 is 13.2 Å². The number of hydrogen-bond acceptors (Lipinski definition) is 4. The highest BCUT2D eigenvalue weighted by molar-refractivity contribution is 7.88. The molecule has 0 atom stereocenters. The number of amides is 1. The fraction of sp³-hybridized carbons (Fsp3) is 0.273. The molecule has 1 aromatic rings. The van der Waals surface area contributed by atoms with Crippen molar-refractivity contribution in [2.75, 3.05) is 25.2 Å². The highest BCUT2D eigenvalue weighted by Gasteiger charge is 2.15. The summed E-state index contributed by atoms with van der Waals surface area (Å²) in [5.41, 5.74) is 0.698. The molecule has 0 unspecified atom stereocenters. The van der Waals surface area contributed by atoms with Crippen LogP contribution in [0.25, 0.3) is 0 Å². The van der Waals surface area contributed by atoms with Crippen LogP contribution in [0.3, 0.4) is 0 Å². The van der Waals surface area contributed by atoms with Crippen LogP contribution in [-0.4, -0.2) is 38.5 Å². The van der Waals surface area contributed by atoms with Gasteiger partial charge in [0.05, 0.1) is 23.4 Å². The van der Waals surface area contributed by atoms with Crippen LogP contribution in [0.4, 0.5) is 5.69 Å². The largest absolute Gasteiger partial charge is 0.325 e. The Hall–Kier alpha value is -1.62. The molecule has 1 rings (SSSR count). The van der Waals surface area contributed by atoms with Crippen molar-refractivity contribution >= 4 is 33.2 Å². The molecule has 0 saturated carbocycles. The van der Waals surface area contributed by atoms with E-state index in [1.165, 1.54) is 25.2 Å². The van der Waals surface area contributed by atoms with Crippen LogP contribution < -0.4 is 5.32 Å². The minimum absolute atomic E-state index is 0.219. The third kappa shape index (κ3) is 4.52. The Bertz CT molecular complexity index is 637. The molecule has 8 heteroatoms. The molecule has 6 nitrogen and oxygen atoms in total. The molecule has 1 amide bonds. The number of hydrogen-bond donors (Lipinski definition) is 1. The van der Waals surface area contributed by atoms with Gasteiger partial charge >= 0.3 is 0 Å². The molecule has 0 fully saturated rings. The normalized spacial score (nSPS) is 11.1. The predicted molar refractivity (Wildman–Crippen MR) is 72.3 cm³/mol. The molecule has 1 aromatic carbocycles. The van der Waals surface area contributed by atoms with E-state index in [1.807, 2.05) is 6.07 Å². The Morgan fingerprint density at radius 2 is 2.16 bits per heavy atom. The molecule has 0 radical (unpaired) electrons. The summed E-state index contributed by atoms with van der Waals surface area (Å²) in [6.45, 7) is -0.295. The first-order valence-corrected chi connectivity index (χ1v) is 7.37. The molecule has 0 spiro atoms. The molecule has 0 aliphatic carbocycles. The standard InChI is InChI=1S/C11H12ClN3O3S/c1-15(19(2,17)18)7-11(16)14-9-4-3-8(6-13)10(12)5-9/h3-5H,7H2,1-2H3,(H,14,16). The lowest BCUT2D eigenvalue weighted by Crippen LogP contribution is -2.34. The molecule has 102 valence electrons. The summed E-state index contributed by atoms with van der Waals surface area (Å²) in [5, 5.41) is 11.4. The number of nitrogens with one attached hydrogen (secondary N) is 1. The monoisotopic (exact) mass is 301 g/mol. The van der Waals surface area contributed by atoms with Gasteiger partial charge in [0.1, 0.15) is 6.07 Å². The van der Waals surface area contributed by atoms with Gasteiger partial charge in [0.25, 0.3) is 0 Å². The van der Waals surface area contributed by atoms with E-state index in [2.05, 4.69) is 5.32 Å². The third-order valence-electron chi connectivity index (χ3n) is 2.31. The minimum Gasteiger partial charge on any atom is -0.325 e. The van der Waals surface area contributed by atoms with E-state index in [0.29, 0.717) is 11.3 Å². The summed E-state index contributed by atoms with van der Waals surface area (Å²) in [6, 6.07) is 6.31. The maximum atomic E-state index is 11.6. The number of carbonyl (C=O) groups excluding carboxylic acids is 1. The molecular weight excluding hydrogens is 290 g/mol. The molecule has 19 heavy (non-hydrogen) atoms. The lowest BCUT2D eigenvalue weighted by Gasteiger charge is -2.13. The Balaban J connectivity index is 2.74. The van der Waals surface area contributed by atoms with E-state index in [0.717, 1.165) is 10.6 Å². The second kappa shape index (κ2) is 6.02. The highest BCUT2D eigenvalue weighted by atomic mass is 35.5. The molecule has 1 N–H and O–H groups in total. The number of nitrogens with zero attached hydrogens (tertiary/aromatic N) is 2. The van der Waals surface area contributed by atoms with Crippen molar-refractivity contribution in [3.63, 3.8) is 0 Å². The summed E-state index contributed by atoms with van der Waals surface area (Å²) in [4.78, 5) is 11.6. The lowest BCUT2D eigenvalue weighted by atomic mass is 10.2. The van der Waals surface area contributed by atoms with E-state index >= 15 is 0 Å². The highest BCUT2D eigenvalue weighted by Crippen LogP contribution is 2.20. The number of carbonyl (C=O) groups is 1. The summed E-state index contributed by atoms with van der Waals surface area (Å²) < 4.78 is 23.2. The average Bonchev–Trinajstić information content (AvgIpc) is 2.27. The van der Waals surface area contributed by atoms with Gasteiger partial charge in [0.15, 0.2) is 0 Å². The molecule has 0 saturated heterocycles. The second-order valence-corrected chi connectivity index (χ2v) is 6.37. The fourth-order valence-electron chi connectivity index (χ4n) is 1.20. The molecule has 0 aliphatic rings. The molecule has 0 heterocycles. The quantitative estimate of drug-likeness (QED) is 0.899. The summed E-state index contributed by atoms with van der Waals surface area (Å²) >= 11 is 5.81. The fourth-order valence-corrected chi connectivity index (χ4v) is 1.78. The van der Waals surface area contributed by atoms with Crippen LogP contribution in [0.2, 0.25) is 5.02 Å². The third-order valence-corrected chi connectivity index (χ3v) is 3.88. The molecule has 0 aromatic heterocycles. The van der Waals surface area contributed by atoms with Crippen LogP contribution in [0.1, 0.15) is 5.56 Å². The van der Waals surface area contributed by atoms with Crippen molar-refractivity contribution in [1.82, 2.24) is 4.31 Å². The van der Waals surface area contributed by atoms with E-state index in [4.69, 9.17) is 16.9 Å². The zero-order valence-electron chi connectivity index (χ0n) is 10.3. The van der Waals surface area contributed by atoms with Gasteiger partial charge in [-0.15, -0.1) is 0 Å². The van der Waals surface area contributed by atoms with Gasteiger partial charge in [0.2, 0.25) is 15.9 Å². The number of halogens is 1. The number of rotatable bonds is 4. The second-order valence-electron chi connectivity index (χ2n) is 3.87. The summed E-state index contributed by atoms with van der Waals surface area (Å²) in [7, 11) is -2.10. The number of nitriles is 1. The van der Waals surface area contributed by atoms with Crippen molar-refractivity contribution in [2.24, 2.45) is 0 Å². The zero-order chi connectivity index (χ0) is 14.6. The van der Waals surface area contributed by atoms with Crippen LogP contribution >= 0.6 is 11.6 Å². The van der Waals surface area contributed by atoms with E-state index in [-0.39, 0.29) is 11.6 Å². The van der Waals surface area contributed by atoms with Gasteiger partial charge in [-0.25, -0.2) is 8.42 Å². The van der Waals surface area contributed by atoms with Gasteiger partial charge in [-0.05, 0) is 18.2 Å². The summed E-state index contributed by atoms with van der Waals surface area (Å²) in [5.74, 6) is -0.492. The Labute approximate surface area is 116 Å². The van der Waals surface area contributed by atoms with E-state index in [1.54, 1.807) is 0 Å². The van der Waals surface area contributed by atoms with Crippen LogP contribution in [0, 0.1) is 11.3 Å². The van der Waals surface area contributed by atoms with Gasteiger partial charge < -0.3 is 5.32 Å². The minimum atomic E-state index is -3.41. The Morgan fingerprint density at radius 3 is 2.63 bits per heavy atom. The predicted octanol–water partition coefficient (Wildman–Crippen LogP) is 1.04. The smallest absolute Gasteiger partial charge is 0.239 e. The Morgan fingerprint density at radius 1 is 1.53 bits per heavy atom. The average molecular weight is 302 g/mol. The number of sulfonamides is 1. The first kappa shape index (κ1) is 15.4. The van der Waals surface area contributed by atoms with E-state index in [9.17, 15) is 13.2 Å².